The summed E-state index contributed by atoms with van der Waals surface area (Å²) in [4.78, 5) is 13.1. The van der Waals surface area contributed by atoms with Gasteiger partial charge < -0.3 is 10.6 Å². The maximum Gasteiger partial charge on any atom is 0.416 e. The van der Waals surface area contributed by atoms with Crippen LogP contribution in [0.3, 0.4) is 0 Å². The Hall–Kier alpha value is -1.56. The minimum Gasteiger partial charge on any atom is -0.341 e. The molecule has 1 unspecified atom stereocenters. The molecule has 1 aromatic rings. The van der Waals surface area contributed by atoms with Crippen molar-refractivity contribution in [3.8, 4) is 0 Å². The molecule has 1 saturated heterocycles. The number of rotatable bonds is 3. The molecule has 0 aliphatic carbocycles. The Kier molecular flexibility index (Phi) is 3.80. The molecule has 1 amide bonds. The number of hydrogen-bond donors (Lipinski definition) is 1. The summed E-state index contributed by atoms with van der Waals surface area (Å²) in [6.07, 6.45) is -3.60. The molecule has 6 heteroatoms. The van der Waals surface area contributed by atoms with Gasteiger partial charge in [-0.3, -0.25) is 4.79 Å². The van der Waals surface area contributed by atoms with Crippen LogP contribution in [-0.4, -0.2) is 29.9 Å². The van der Waals surface area contributed by atoms with Gasteiger partial charge in [-0.25, -0.2) is 0 Å². The van der Waals surface area contributed by atoms with Crippen LogP contribution in [0.4, 0.5) is 13.2 Å². The SMILES string of the molecule is NC1CC(=O)N(CCc2cccc(C(F)(F)F)c2)C1. The second-order valence-corrected chi connectivity index (χ2v) is 4.75. The van der Waals surface area contributed by atoms with Crippen LogP contribution in [0, 0.1) is 0 Å². The van der Waals surface area contributed by atoms with Crippen molar-refractivity contribution < 1.29 is 18.0 Å². The molecule has 0 bridgehead atoms. The van der Waals surface area contributed by atoms with Crippen LogP contribution in [0.15, 0.2) is 24.3 Å². The normalized spacial score (nSPS) is 20.1. The van der Waals surface area contributed by atoms with Gasteiger partial charge in [0.1, 0.15) is 0 Å². The number of halogens is 3. The summed E-state index contributed by atoms with van der Waals surface area (Å²) in [5.41, 5.74) is 5.57. The fourth-order valence-electron chi connectivity index (χ4n) is 2.19. The van der Waals surface area contributed by atoms with Crippen LogP contribution >= 0.6 is 0 Å². The zero-order valence-corrected chi connectivity index (χ0v) is 10.3. The molecule has 1 fully saturated rings. The van der Waals surface area contributed by atoms with Gasteiger partial charge in [0.2, 0.25) is 5.91 Å². The van der Waals surface area contributed by atoms with E-state index in [0.29, 0.717) is 31.5 Å². The molecule has 2 N–H and O–H groups in total. The Labute approximate surface area is 109 Å². The Morgan fingerprint density at radius 1 is 1.37 bits per heavy atom. The fourth-order valence-corrected chi connectivity index (χ4v) is 2.19. The van der Waals surface area contributed by atoms with E-state index in [1.807, 2.05) is 0 Å². The number of carbonyl (C=O) groups excluding carboxylic acids is 1. The Morgan fingerprint density at radius 3 is 2.68 bits per heavy atom. The van der Waals surface area contributed by atoms with Gasteiger partial charge in [0, 0.05) is 25.6 Å². The van der Waals surface area contributed by atoms with Crippen LogP contribution in [0.25, 0.3) is 0 Å². The maximum absolute atomic E-state index is 12.5. The average molecular weight is 272 g/mol. The zero-order valence-electron chi connectivity index (χ0n) is 10.3. The minimum absolute atomic E-state index is 0.0283. The monoisotopic (exact) mass is 272 g/mol. The maximum atomic E-state index is 12.5. The predicted molar refractivity (Wildman–Crippen MR) is 64.3 cm³/mol. The standard InChI is InChI=1S/C13H15F3N2O/c14-13(15,16)10-3-1-2-9(6-10)4-5-18-8-11(17)7-12(18)19/h1-3,6,11H,4-5,7-8,17H2. The molecule has 0 spiro atoms. The summed E-state index contributed by atoms with van der Waals surface area (Å²) in [5, 5.41) is 0. The number of alkyl halides is 3. The quantitative estimate of drug-likeness (QED) is 0.912. The summed E-state index contributed by atoms with van der Waals surface area (Å²) in [6, 6.07) is 5.03. The van der Waals surface area contributed by atoms with Gasteiger partial charge >= 0.3 is 6.18 Å². The first kappa shape index (κ1) is 13.9. The van der Waals surface area contributed by atoms with Crippen LogP contribution in [-0.2, 0) is 17.4 Å². The Bertz CT molecular complexity index is 473. The van der Waals surface area contributed by atoms with E-state index in [9.17, 15) is 18.0 Å². The topological polar surface area (TPSA) is 46.3 Å². The van der Waals surface area contributed by atoms with Crippen molar-refractivity contribution >= 4 is 5.91 Å². The summed E-state index contributed by atoms with van der Waals surface area (Å²) >= 11 is 0. The highest BCUT2D eigenvalue weighted by Crippen LogP contribution is 2.29. The first-order valence-corrected chi connectivity index (χ1v) is 6.06. The molecule has 0 saturated carbocycles. The predicted octanol–water partition coefficient (Wildman–Crippen LogP) is 1.81. The van der Waals surface area contributed by atoms with Gasteiger partial charge in [0.05, 0.1) is 5.56 Å². The van der Waals surface area contributed by atoms with E-state index >= 15 is 0 Å². The number of benzene rings is 1. The first-order chi connectivity index (χ1) is 8.86. The van der Waals surface area contributed by atoms with E-state index in [1.165, 1.54) is 6.07 Å². The number of carbonyl (C=O) groups is 1. The lowest BCUT2D eigenvalue weighted by Gasteiger charge is -2.16. The molecule has 104 valence electrons. The molecular weight excluding hydrogens is 257 g/mol. The summed E-state index contributed by atoms with van der Waals surface area (Å²) < 4.78 is 37.6. The lowest BCUT2D eigenvalue weighted by molar-refractivity contribution is -0.137. The molecule has 2 rings (SSSR count). The third kappa shape index (κ3) is 3.47. The molecule has 3 nitrogen and oxygen atoms in total. The average Bonchev–Trinajstić information content (AvgIpc) is 2.64. The van der Waals surface area contributed by atoms with Crippen molar-refractivity contribution in [2.45, 2.75) is 25.1 Å². The van der Waals surface area contributed by atoms with Crippen LogP contribution in [0.2, 0.25) is 0 Å². The summed E-state index contributed by atoms with van der Waals surface area (Å²) in [5.74, 6) is -0.0283. The summed E-state index contributed by atoms with van der Waals surface area (Å²) in [6.45, 7) is 0.894. The van der Waals surface area contributed by atoms with E-state index < -0.39 is 11.7 Å². The third-order valence-corrected chi connectivity index (χ3v) is 3.17. The van der Waals surface area contributed by atoms with Crippen molar-refractivity contribution in [3.05, 3.63) is 35.4 Å². The molecule has 1 atom stereocenters. The van der Waals surface area contributed by atoms with E-state index in [0.717, 1.165) is 12.1 Å². The lowest BCUT2D eigenvalue weighted by Crippen LogP contribution is -2.30. The Balaban J connectivity index is 1.98. The van der Waals surface area contributed by atoms with Gasteiger partial charge in [-0.1, -0.05) is 18.2 Å². The number of nitrogens with two attached hydrogens (primary N) is 1. The molecule has 1 aromatic carbocycles. The van der Waals surface area contributed by atoms with E-state index in [2.05, 4.69) is 0 Å². The van der Waals surface area contributed by atoms with Crippen molar-refractivity contribution in [3.63, 3.8) is 0 Å². The molecular formula is C13H15F3N2O. The van der Waals surface area contributed by atoms with Crippen LogP contribution < -0.4 is 5.73 Å². The minimum atomic E-state index is -4.33. The van der Waals surface area contributed by atoms with Crippen molar-refractivity contribution in [1.29, 1.82) is 0 Å². The van der Waals surface area contributed by atoms with Gasteiger partial charge in [-0.2, -0.15) is 13.2 Å². The van der Waals surface area contributed by atoms with Gasteiger partial charge in [0.25, 0.3) is 0 Å². The van der Waals surface area contributed by atoms with Crippen molar-refractivity contribution in [1.82, 2.24) is 4.90 Å². The zero-order chi connectivity index (χ0) is 14.0. The van der Waals surface area contributed by atoms with Gasteiger partial charge in [-0.15, -0.1) is 0 Å². The molecule has 19 heavy (non-hydrogen) atoms. The van der Waals surface area contributed by atoms with Gasteiger partial charge in [-0.05, 0) is 18.1 Å². The number of nitrogens with zero attached hydrogens (tertiary/aromatic N) is 1. The Morgan fingerprint density at radius 2 is 2.11 bits per heavy atom. The van der Waals surface area contributed by atoms with Crippen molar-refractivity contribution in [2.24, 2.45) is 5.73 Å². The summed E-state index contributed by atoms with van der Waals surface area (Å²) in [7, 11) is 0. The fraction of sp³-hybridized carbons (Fsp3) is 0.462. The van der Waals surface area contributed by atoms with E-state index in [1.54, 1.807) is 11.0 Å². The number of likely N-dealkylation sites (tertiary alicyclic amines) is 1. The highest BCUT2D eigenvalue weighted by molar-refractivity contribution is 5.79. The smallest absolute Gasteiger partial charge is 0.341 e. The highest BCUT2D eigenvalue weighted by atomic mass is 19.4. The number of amides is 1. The number of hydrogen-bond acceptors (Lipinski definition) is 2. The largest absolute Gasteiger partial charge is 0.416 e. The second-order valence-electron chi connectivity index (χ2n) is 4.75. The molecule has 1 heterocycles. The molecule has 1 aliphatic rings. The lowest BCUT2D eigenvalue weighted by atomic mass is 10.1. The highest BCUT2D eigenvalue weighted by Gasteiger charge is 2.30. The second kappa shape index (κ2) is 5.21. The first-order valence-electron chi connectivity index (χ1n) is 6.06. The molecule has 0 radical (unpaired) electrons. The van der Waals surface area contributed by atoms with Gasteiger partial charge in [0.15, 0.2) is 0 Å². The van der Waals surface area contributed by atoms with Crippen molar-refractivity contribution in [2.75, 3.05) is 13.1 Å². The molecule has 1 aliphatic heterocycles. The van der Waals surface area contributed by atoms with E-state index in [-0.39, 0.29) is 11.9 Å². The third-order valence-electron chi connectivity index (χ3n) is 3.17. The molecule has 0 aromatic heterocycles. The van der Waals surface area contributed by atoms with Crippen LogP contribution in [0.5, 0.6) is 0 Å². The van der Waals surface area contributed by atoms with Crippen LogP contribution in [0.1, 0.15) is 17.5 Å². The van der Waals surface area contributed by atoms with E-state index in [4.69, 9.17) is 5.73 Å².